The molecule has 0 bridgehead atoms. The molecule has 0 radical (unpaired) electrons. The Morgan fingerprint density at radius 1 is 0.639 bits per heavy atom. The summed E-state index contributed by atoms with van der Waals surface area (Å²) in [6.45, 7) is 7.99. The minimum Gasteiger partial charge on any atom is -0.319 e. The molecule has 166 valence electrons. The minimum absolute atomic E-state index is 0.298. The van der Waals surface area contributed by atoms with E-state index in [2.05, 4.69) is 10.9 Å². The lowest BCUT2D eigenvalue weighted by molar-refractivity contribution is 1.13. The van der Waals surface area contributed by atoms with E-state index in [0.717, 1.165) is 43.6 Å². The molecule has 7 aromatic rings. The summed E-state index contributed by atoms with van der Waals surface area (Å²) >= 11 is 0. The largest absolute Gasteiger partial charge is 0.319 e. The first-order valence-electron chi connectivity index (χ1n) is 13.4. The zero-order valence-electron chi connectivity index (χ0n) is 22.9. The van der Waals surface area contributed by atoms with Crippen molar-refractivity contribution in [2.45, 2.75) is 0 Å². The molecule has 0 N–H and O–H groups in total. The molecule has 0 saturated carbocycles. The molecule has 0 atom stereocenters. The Hall–Kier alpha value is -5.32. The van der Waals surface area contributed by atoms with Crippen LogP contribution in [0.25, 0.3) is 59.8 Å². The lowest BCUT2D eigenvalue weighted by Gasteiger charge is -2.16. The highest BCUT2D eigenvalue weighted by atomic mass is 15.0. The normalized spacial score (nSPS) is 12.8. The van der Waals surface area contributed by atoms with Gasteiger partial charge in [-0.1, -0.05) is 72.7 Å². The van der Waals surface area contributed by atoms with Gasteiger partial charge in [-0.25, -0.2) is 4.85 Å². The van der Waals surface area contributed by atoms with E-state index in [4.69, 9.17) is 12.1 Å². The average Bonchev–Trinajstić information content (AvgIpc) is 3.43. The van der Waals surface area contributed by atoms with Crippen molar-refractivity contribution in [1.82, 2.24) is 9.13 Å². The minimum atomic E-state index is 0.298. The summed E-state index contributed by atoms with van der Waals surface area (Å²) < 4.78 is 36.7. The quantitative estimate of drug-likeness (QED) is 0.238. The standard InChI is InChI=1S/C32H18N4/c1-34-26-18-21(20-33)31(35-27-14-6-2-10-22(27)23-11-3-7-15-28(23)35)19-32(26)36-29-16-8-4-12-24(29)25-13-5-9-17-30(25)36/h2-19H/i2D,3D,4D,5D. The molecule has 0 saturated heterocycles. The van der Waals surface area contributed by atoms with E-state index in [1.807, 2.05) is 39.5 Å². The highest BCUT2D eigenvalue weighted by molar-refractivity contribution is 6.11. The number of para-hydroxylation sites is 4. The first kappa shape index (κ1) is 16.3. The lowest BCUT2D eigenvalue weighted by atomic mass is 10.1. The first-order chi connectivity index (χ1) is 19.4. The highest BCUT2D eigenvalue weighted by Gasteiger charge is 2.20. The van der Waals surface area contributed by atoms with Gasteiger partial charge in [-0.05, 0) is 36.4 Å². The second kappa shape index (κ2) is 7.60. The molecule has 0 unspecified atom stereocenters. The summed E-state index contributed by atoms with van der Waals surface area (Å²) in [5.74, 6) is 0. The maximum atomic E-state index is 10.2. The molecule has 4 heteroatoms. The van der Waals surface area contributed by atoms with Crippen molar-refractivity contribution in [3.63, 3.8) is 0 Å². The third kappa shape index (κ3) is 2.67. The maximum absolute atomic E-state index is 10.2. The molecule has 0 amide bonds. The Labute approximate surface area is 212 Å². The maximum Gasteiger partial charge on any atom is 0.212 e. The van der Waals surface area contributed by atoms with Gasteiger partial charge in [-0.2, -0.15) is 5.26 Å². The Morgan fingerprint density at radius 3 is 1.44 bits per heavy atom. The van der Waals surface area contributed by atoms with Gasteiger partial charge in [0.05, 0.1) is 57.1 Å². The summed E-state index contributed by atoms with van der Waals surface area (Å²) in [6, 6.07) is 28.3. The Bertz CT molecular complexity index is 2020. The highest BCUT2D eigenvalue weighted by Crippen LogP contribution is 2.39. The fourth-order valence-corrected chi connectivity index (χ4v) is 5.22. The fourth-order valence-electron chi connectivity index (χ4n) is 5.22. The molecular formula is C32H18N4. The average molecular weight is 463 g/mol. The molecular weight excluding hydrogens is 440 g/mol. The second-order valence-corrected chi connectivity index (χ2v) is 8.53. The molecule has 4 nitrogen and oxygen atoms in total. The van der Waals surface area contributed by atoms with Crippen LogP contribution in [0.5, 0.6) is 0 Å². The fraction of sp³-hybridized carbons (Fsp3) is 0. The van der Waals surface area contributed by atoms with Crippen LogP contribution in [0, 0.1) is 17.9 Å². The zero-order chi connectivity index (χ0) is 27.7. The Balaban J connectivity index is 1.64. The number of rotatable bonds is 2. The molecule has 0 fully saturated rings. The summed E-state index contributed by atoms with van der Waals surface area (Å²) in [6.07, 6.45) is 0. The van der Waals surface area contributed by atoms with Crippen LogP contribution < -0.4 is 0 Å². The number of fused-ring (bicyclic) bond motifs is 6. The van der Waals surface area contributed by atoms with Crippen molar-refractivity contribution in [2.75, 3.05) is 0 Å². The molecule has 0 aliphatic heterocycles. The van der Waals surface area contributed by atoms with Crippen LogP contribution >= 0.6 is 0 Å². The molecule has 5 aromatic carbocycles. The van der Waals surface area contributed by atoms with Crippen molar-refractivity contribution in [2.24, 2.45) is 0 Å². The SMILES string of the molecule is [2H]c1ccc2c(c1)c1cc([2H])ccc1n2-c1cc(-n2c3ccc([2H])cc3c3cc([2H])ccc32)c([N+]#[C-])cc1C#N. The number of nitrogens with zero attached hydrogens (tertiary/aromatic N) is 4. The van der Waals surface area contributed by atoms with Gasteiger partial charge in [0.25, 0.3) is 0 Å². The number of aromatic nitrogens is 2. The summed E-state index contributed by atoms with van der Waals surface area (Å²) in [7, 11) is 0. The molecule has 0 aliphatic rings. The van der Waals surface area contributed by atoms with E-state index in [-0.39, 0.29) is 0 Å². The molecule has 2 heterocycles. The van der Waals surface area contributed by atoms with Gasteiger partial charge in [-0.3, -0.25) is 0 Å². The van der Waals surface area contributed by atoms with Gasteiger partial charge in [0.15, 0.2) is 0 Å². The van der Waals surface area contributed by atoms with Crippen LogP contribution in [0.2, 0.25) is 0 Å². The summed E-state index contributed by atoms with van der Waals surface area (Å²) in [5.41, 5.74) is 4.92. The molecule has 2 aromatic heterocycles. The number of hydrogen-bond acceptors (Lipinski definition) is 1. The van der Waals surface area contributed by atoms with E-state index >= 15 is 0 Å². The van der Waals surface area contributed by atoms with Gasteiger partial charge >= 0.3 is 0 Å². The van der Waals surface area contributed by atoms with Crippen LogP contribution in [0.4, 0.5) is 5.69 Å². The molecule has 0 spiro atoms. The van der Waals surface area contributed by atoms with Gasteiger partial charge in [-0.15, -0.1) is 0 Å². The third-order valence-electron chi connectivity index (χ3n) is 6.72. The molecule has 7 rings (SSSR count). The number of hydrogen-bond donors (Lipinski definition) is 0. The molecule has 36 heavy (non-hydrogen) atoms. The third-order valence-corrected chi connectivity index (χ3v) is 6.72. The Kier molecular flexibility index (Phi) is 3.45. The topological polar surface area (TPSA) is 38.0 Å². The Morgan fingerprint density at radius 2 is 1.06 bits per heavy atom. The van der Waals surface area contributed by atoms with Crippen molar-refractivity contribution in [1.29, 1.82) is 5.26 Å². The van der Waals surface area contributed by atoms with E-state index < -0.39 is 0 Å². The van der Waals surface area contributed by atoms with Gasteiger partial charge in [0.2, 0.25) is 5.69 Å². The zero-order valence-corrected chi connectivity index (χ0v) is 18.9. The van der Waals surface area contributed by atoms with Crippen LogP contribution in [-0.2, 0) is 0 Å². The van der Waals surface area contributed by atoms with E-state index in [0.29, 0.717) is 46.8 Å². The van der Waals surface area contributed by atoms with Crippen molar-refractivity contribution in [3.8, 4) is 17.4 Å². The van der Waals surface area contributed by atoms with Crippen molar-refractivity contribution >= 4 is 49.3 Å². The predicted octanol–water partition coefficient (Wildman–Crippen LogP) is 8.30. The van der Waals surface area contributed by atoms with Crippen LogP contribution in [0.1, 0.15) is 11.0 Å². The monoisotopic (exact) mass is 462 g/mol. The van der Waals surface area contributed by atoms with E-state index in [1.54, 1.807) is 54.6 Å². The second-order valence-electron chi connectivity index (χ2n) is 8.53. The van der Waals surface area contributed by atoms with Crippen molar-refractivity contribution < 1.29 is 5.48 Å². The van der Waals surface area contributed by atoms with Gasteiger partial charge in [0, 0.05) is 21.5 Å². The van der Waals surface area contributed by atoms with Gasteiger partial charge < -0.3 is 9.13 Å². The van der Waals surface area contributed by atoms with Crippen LogP contribution in [0.15, 0.2) is 109 Å². The first-order valence-corrected chi connectivity index (χ1v) is 11.4. The van der Waals surface area contributed by atoms with E-state index in [9.17, 15) is 5.26 Å². The number of benzene rings is 5. The van der Waals surface area contributed by atoms with Crippen LogP contribution in [-0.4, -0.2) is 9.13 Å². The van der Waals surface area contributed by atoms with Gasteiger partial charge in [0.1, 0.15) is 0 Å². The summed E-state index contributed by atoms with van der Waals surface area (Å²) in [5, 5.41) is 13.4. The van der Waals surface area contributed by atoms with E-state index in [1.165, 1.54) is 0 Å². The number of nitriles is 1. The predicted molar refractivity (Wildman–Crippen MR) is 146 cm³/mol. The van der Waals surface area contributed by atoms with Crippen LogP contribution in [0.3, 0.4) is 0 Å². The van der Waals surface area contributed by atoms with Crippen molar-refractivity contribution in [3.05, 3.63) is 126 Å². The lowest BCUT2D eigenvalue weighted by Crippen LogP contribution is -2.02. The molecule has 0 aliphatic carbocycles. The smallest absolute Gasteiger partial charge is 0.212 e. The summed E-state index contributed by atoms with van der Waals surface area (Å²) in [4.78, 5) is 3.80.